The van der Waals surface area contributed by atoms with Crippen LogP contribution in [0, 0.1) is 11.3 Å². The number of nitrogens with zero attached hydrogens (tertiary/aromatic N) is 1. The van der Waals surface area contributed by atoms with Gasteiger partial charge in [0, 0.05) is 6.54 Å². The minimum absolute atomic E-state index is 0.122. The van der Waals surface area contributed by atoms with Gasteiger partial charge in [-0.15, -0.1) is 0 Å². The Labute approximate surface area is 137 Å². The molecular weight excluding hydrogens is 308 g/mol. The monoisotopic (exact) mass is 328 g/mol. The van der Waals surface area contributed by atoms with E-state index in [1.165, 1.54) is 11.6 Å². The standard InChI is InChI=1S/C18H20N2O2S/c1-3-11-20-23(21,22)17-9-10-18(16(12-17)13-19)15-7-5-14(4-2)6-8-15/h5-10,12,20H,3-4,11H2,1-2H3. The molecule has 5 heteroatoms. The third-order valence-corrected chi connectivity index (χ3v) is 5.10. The number of nitriles is 1. The Morgan fingerprint density at radius 3 is 2.35 bits per heavy atom. The molecule has 0 bridgehead atoms. The number of hydrogen-bond donors (Lipinski definition) is 1. The molecule has 0 aliphatic carbocycles. The van der Waals surface area contributed by atoms with Crippen LogP contribution in [0.2, 0.25) is 0 Å². The molecule has 0 saturated heterocycles. The summed E-state index contributed by atoms with van der Waals surface area (Å²) in [6, 6.07) is 14.7. The Balaban J connectivity index is 2.42. The lowest BCUT2D eigenvalue weighted by Crippen LogP contribution is -2.24. The van der Waals surface area contributed by atoms with Crippen LogP contribution in [0.3, 0.4) is 0 Å². The number of sulfonamides is 1. The van der Waals surface area contributed by atoms with Gasteiger partial charge in [0.2, 0.25) is 10.0 Å². The fraction of sp³-hybridized carbons (Fsp3) is 0.278. The first-order chi connectivity index (χ1) is 11.0. The van der Waals surface area contributed by atoms with Crippen molar-refractivity contribution in [3.8, 4) is 17.2 Å². The summed E-state index contributed by atoms with van der Waals surface area (Å²) in [7, 11) is -3.57. The van der Waals surface area contributed by atoms with Crippen molar-refractivity contribution in [3.05, 3.63) is 53.6 Å². The highest BCUT2D eigenvalue weighted by Gasteiger charge is 2.16. The summed E-state index contributed by atoms with van der Waals surface area (Å²) in [5.41, 5.74) is 3.22. The zero-order valence-corrected chi connectivity index (χ0v) is 14.2. The largest absolute Gasteiger partial charge is 0.240 e. The van der Waals surface area contributed by atoms with E-state index in [0.717, 1.165) is 17.5 Å². The average molecular weight is 328 g/mol. The molecule has 1 N–H and O–H groups in total. The molecule has 2 aromatic carbocycles. The molecule has 0 atom stereocenters. The van der Waals surface area contributed by atoms with Crippen molar-refractivity contribution in [1.82, 2.24) is 4.72 Å². The molecular formula is C18H20N2O2S. The average Bonchev–Trinajstić information content (AvgIpc) is 2.59. The van der Waals surface area contributed by atoms with Gasteiger partial charge < -0.3 is 0 Å². The van der Waals surface area contributed by atoms with Crippen molar-refractivity contribution in [2.24, 2.45) is 0 Å². The Bertz CT molecular complexity index is 819. The molecule has 0 aliphatic heterocycles. The van der Waals surface area contributed by atoms with Gasteiger partial charge in [-0.2, -0.15) is 5.26 Å². The first-order valence-corrected chi connectivity index (χ1v) is 9.13. The summed E-state index contributed by atoms with van der Waals surface area (Å²) in [5, 5.41) is 9.38. The van der Waals surface area contributed by atoms with Gasteiger partial charge in [0.05, 0.1) is 16.5 Å². The van der Waals surface area contributed by atoms with Crippen LogP contribution >= 0.6 is 0 Å². The third-order valence-electron chi connectivity index (χ3n) is 3.64. The van der Waals surface area contributed by atoms with Crippen molar-refractivity contribution >= 4 is 10.0 Å². The Morgan fingerprint density at radius 1 is 1.09 bits per heavy atom. The van der Waals surface area contributed by atoms with Gasteiger partial charge in [-0.05, 0) is 41.7 Å². The van der Waals surface area contributed by atoms with Gasteiger partial charge in [-0.25, -0.2) is 13.1 Å². The molecule has 0 spiro atoms. The van der Waals surface area contributed by atoms with E-state index in [-0.39, 0.29) is 4.90 Å². The molecule has 120 valence electrons. The highest BCUT2D eigenvalue weighted by atomic mass is 32.2. The molecule has 0 heterocycles. The van der Waals surface area contributed by atoms with E-state index in [1.807, 2.05) is 31.2 Å². The smallest absolute Gasteiger partial charge is 0.211 e. The van der Waals surface area contributed by atoms with E-state index in [2.05, 4.69) is 17.7 Å². The summed E-state index contributed by atoms with van der Waals surface area (Å²) in [5.74, 6) is 0. The minimum atomic E-state index is -3.57. The summed E-state index contributed by atoms with van der Waals surface area (Å²) in [6.07, 6.45) is 1.66. The van der Waals surface area contributed by atoms with Crippen LogP contribution in [0.5, 0.6) is 0 Å². The van der Waals surface area contributed by atoms with Crippen LogP contribution in [0.1, 0.15) is 31.4 Å². The minimum Gasteiger partial charge on any atom is -0.211 e. The lowest BCUT2D eigenvalue weighted by atomic mass is 9.99. The molecule has 2 rings (SSSR count). The number of aryl methyl sites for hydroxylation is 1. The van der Waals surface area contributed by atoms with E-state index in [1.54, 1.807) is 12.1 Å². The zero-order valence-electron chi connectivity index (χ0n) is 13.3. The van der Waals surface area contributed by atoms with E-state index in [9.17, 15) is 13.7 Å². The van der Waals surface area contributed by atoms with E-state index in [0.29, 0.717) is 18.5 Å². The van der Waals surface area contributed by atoms with Crippen LogP contribution in [0.25, 0.3) is 11.1 Å². The highest BCUT2D eigenvalue weighted by molar-refractivity contribution is 7.89. The van der Waals surface area contributed by atoms with Crippen molar-refractivity contribution in [2.45, 2.75) is 31.6 Å². The first kappa shape index (κ1) is 17.2. The van der Waals surface area contributed by atoms with E-state index in [4.69, 9.17) is 0 Å². The second-order valence-electron chi connectivity index (χ2n) is 5.27. The maximum atomic E-state index is 12.2. The lowest BCUT2D eigenvalue weighted by molar-refractivity contribution is 0.581. The molecule has 23 heavy (non-hydrogen) atoms. The van der Waals surface area contributed by atoms with Gasteiger partial charge in [-0.3, -0.25) is 0 Å². The Hall–Kier alpha value is -2.16. The SMILES string of the molecule is CCCNS(=O)(=O)c1ccc(-c2ccc(CC)cc2)c(C#N)c1. The number of benzene rings is 2. The second kappa shape index (κ2) is 7.40. The number of rotatable bonds is 6. The fourth-order valence-electron chi connectivity index (χ4n) is 2.27. The van der Waals surface area contributed by atoms with Crippen LogP contribution < -0.4 is 4.72 Å². The van der Waals surface area contributed by atoms with Gasteiger partial charge in [0.25, 0.3) is 0 Å². The maximum Gasteiger partial charge on any atom is 0.240 e. The highest BCUT2D eigenvalue weighted by Crippen LogP contribution is 2.26. The van der Waals surface area contributed by atoms with Gasteiger partial charge >= 0.3 is 0 Å². The quantitative estimate of drug-likeness (QED) is 0.882. The normalized spacial score (nSPS) is 11.2. The van der Waals surface area contributed by atoms with Gasteiger partial charge in [0.1, 0.15) is 0 Å². The summed E-state index contributed by atoms with van der Waals surface area (Å²) < 4.78 is 26.9. The number of nitrogens with one attached hydrogen (secondary N) is 1. The second-order valence-corrected chi connectivity index (χ2v) is 7.03. The molecule has 2 aromatic rings. The maximum absolute atomic E-state index is 12.2. The fourth-order valence-corrected chi connectivity index (χ4v) is 3.43. The predicted molar refractivity (Wildman–Crippen MR) is 91.5 cm³/mol. The van der Waals surface area contributed by atoms with Crippen LogP contribution in [0.15, 0.2) is 47.4 Å². The summed E-state index contributed by atoms with van der Waals surface area (Å²) in [4.78, 5) is 0.122. The molecule has 0 radical (unpaired) electrons. The molecule has 0 aromatic heterocycles. The molecule has 0 unspecified atom stereocenters. The van der Waals surface area contributed by atoms with E-state index < -0.39 is 10.0 Å². The lowest BCUT2D eigenvalue weighted by Gasteiger charge is -2.09. The summed E-state index contributed by atoms with van der Waals surface area (Å²) in [6.45, 7) is 4.36. The Kier molecular flexibility index (Phi) is 5.54. The molecule has 0 amide bonds. The Morgan fingerprint density at radius 2 is 1.78 bits per heavy atom. The first-order valence-electron chi connectivity index (χ1n) is 7.65. The topological polar surface area (TPSA) is 70.0 Å². The van der Waals surface area contributed by atoms with E-state index >= 15 is 0 Å². The van der Waals surface area contributed by atoms with Crippen molar-refractivity contribution in [1.29, 1.82) is 5.26 Å². The zero-order chi connectivity index (χ0) is 16.9. The predicted octanol–water partition coefficient (Wildman–Crippen LogP) is 3.48. The molecule has 0 fully saturated rings. The van der Waals surface area contributed by atoms with Crippen molar-refractivity contribution in [2.75, 3.05) is 6.54 Å². The van der Waals surface area contributed by atoms with Crippen LogP contribution in [-0.2, 0) is 16.4 Å². The van der Waals surface area contributed by atoms with Crippen LogP contribution in [0.4, 0.5) is 0 Å². The number of hydrogen-bond acceptors (Lipinski definition) is 3. The van der Waals surface area contributed by atoms with Crippen molar-refractivity contribution in [3.63, 3.8) is 0 Å². The van der Waals surface area contributed by atoms with Gasteiger partial charge in [0.15, 0.2) is 0 Å². The molecule has 0 saturated carbocycles. The van der Waals surface area contributed by atoms with Crippen LogP contribution in [-0.4, -0.2) is 15.0 Å². The van der Waals surface area contributed by atoms with Crippen molar-refractivity contribution < 1.29 is 8.42 Å². The van der Waals surface area contributed by atoms with Gasteiger partial charge in [-0.1, -0.05) is 44.2 Å². The summed E-state index contributed by atoms with van der Waals surface area (Å²) >= 11 is 0. The molecule has 0 aliphatic rings. The third kappa shape index (κ3) is 3.98. The molecule has 4 nitrogen and oxygen atoms in total.